The highest BCUT2D eigenvalue weighted by Gasteiger charge is 2.03. The molecule has 5 nitrogen and oxygen atoms in total. The molecule has 20 heavy (non-hydrogen) atoms. The van der Waals surface area contributed by atoms with Gasteiger partial charge >= 0.3 is 0 Å². The number of pyridine rings is 1. The summed E-state index contributed by atoms with van der Waals surface area (Å²) in [5, 5.41) is 3.88. The highest BCUT2D eigenvalue weighted by Crippen LogP contribution is 2.12. The minimum atomic E-state index is -0.182. The molecule has 2 rings (SSSR count). The Kier molecular flexibility index (Phi) is 4.83. The number of hydrogen-bond acceptors (Lipinski definition) is 4. The molecule has 1 aromatic carbocycles. The van der Waals surface area contributed by atoms with Crippen LogP contribution in [0.4, 0.5) is 0 Å². The summed E-state index contributed by atoms with van der Waals surface area (Å²) in [5.74, 6) is 0.549. The van der Waals surface area contributed by atoms with Gasteiger partial charge in [0.25, 0.3) is 0 Å². The van der Waals surface area contributed by atoms with Crippen molar-refractivity contribution in [2.24, 2.45) is 5.10 Å². The van der Waals surface area contributed by atoms with Crippen molar-refractivity contribution in [1.29, 1.82) is 0 Å². The number of carbonyl (C=O) groups excluding carboxylic acids is 1. The van der Waals surface area contributed by atoms with Crippen molar-refractivity contribution in [2.45, 2.75) is 6.42 Å². The van der Waals surface area contributed by atoms with Crippen LogP contribution in [-0.2, 0) is 11.2 Å². The van der Waals surface area contributed by atoms with Crippen LogP contribution < -0.4 is 10.2 Å². The number of aromatic nitrogens is 1. The van der Waals surface area contributed by atoms with E-state index in [0.717, 1.165) is 16.9 Å². The van der Waals surface area contributed by atoms with Crippen molar-refractivity contribution < 1.29 is 9.53 Å². The normalized spacial score (nSPS) is 10.4. The number of methoxy groups -OCH3 is 1. The molecule has 0 saturated heterocycles. The molecular formula is C15H15N3O2. The molecule has 0 spiro atoms. The Labute approximate surface area is 117 Å². The topological polar surface area (TPSA) is 63.6 Å². The molecule has 0 unspecified atom stereocenters. The number of carbonyl (C=O) groups is 1. The van der Waals surface area contributed by atoms with Crippen molar-refractivity contribution >= 4 is 12.1 Å². The van der Waals surface area contributed by atoms with Crippen LogP contribution in [0, 0.1) is 0 Å². The van der Waals surface area contributed by atoms with Crippen molar-refractivity contribution in [3.05, 3.63) is 59.9 Å². The second-order valence-electron chi connectivity index (χ2n) is 4.11. The zero-order valence-electron chi connectivity index (χ0n) is 11.1. The van der Waals surface area contributed by atoms with Gasteiger partial charge in [0.05, 0.1) is 19.7 Å². The molecule has 1 amide bonds. The molecule has 0 bridgehead atoms. The fourth-order valence-corrected chi connectivity index (χ4v) is 1.64. The van der Waals surface area contributed by atoms with Gasteiger partial charge < -0.3 is 4.74 Å². The number of hydrogen-bond donors (Lipinski definition) is 1. The van der Waals surface area contributed by atoms with E-state index in [0.29, 0.717) is 0 Å². The first-order valence-electron chi connectivity index (χ1n) is 6.13. The highest BCUT2D eigenvalue weighted by molar-refractivity contribution is 5.82. The highest BCUT2D eigenvalue weighted by atomic mass is 16.5. The number of rotatable bonds is 5. The Bertz CT molecular complexity index is 597. The number of amides is 1. The molecule has 0 aliphatic carbocycles. The van der Waals surface area contributed by atoms with Crippen molar-refractivity contribution in [2.75, 3.05) is 7.11 Å². The van der Waals surface area contributed by atoms with E-state index >= 15 is 0 Å². The minimum absolute atomic E-state index is 0.182. The summed E-state index contributed by atoms with van der Waals surface area (Å²) < 4.78 is 5.11. The van der Waals surface area contributed by atoms with Crippen LogP contribution in [0.5, 0.6) is 5.75 Å². The van der Waals surface area contributed by atoms with Gasteiger partial charge in [0.2, 0.25) is 5.91 Å². The van der Waals surface area contributed by atoms with Crippen LogP contribution >= 0.6 is 0 Å². The molecule has 0 aliphatic rings. The van der Waals surface area contributed by atoms with Gasteiger partial charge in [0, 0.05) is 18.0 Å². The third-order valence-corrected chi connectivity index (χ3v) is 2.59. The van der Waals surface area contributed by atoms with Gasteiger partial charge in [-0.1, -0.05) is 18.2 Å². The maximum atomic E-state index is 11.7. The summed E-state index contributed by atoms with van der Waals surface area (Å²) in [6.45, 7) is 0. The Balaban J connectivity index is 1.88. The van der Waals surface area contributed by atoms with E-state index in [1.165, 1.54) is 0 Å². The third kappa shape index (κ3) is 4.20. The second-order valence-corrected chi connectivity index (χ2v) is 4.11. The summed E-state index contributed by atoms with van der Waals surface area (Å²) in [5.41, 5.74) is 4.18. The Morgan fingerprint density at radius 3 is 3.05 bits per heavy atom. The van der Waals surface area contributed by atoms with Crippen LogP contribution in [0.1, 0.15) is 11.1 Å². The minimum Gasteiger partial charge on any atom is -0.497 e. The van der Waals surface area contributed by atoms with E-state index in [1.807, 2.05) is 30.3 Å². The zero-order chi connectivity index (χ0) is 14.2. The Morgan fingerprint density at radius 2 is 2.30 bits per heavy atom. The number of ether oxygens (including phenoxy) is 1. The zero-order valence-corrected chi connectivity index (χ0v) is 11.1. The van der Waals surface area contributed by atoms with E-state index in [-0.39, 0.29) is 12.3 Å². The molecule has 2 aromatic rings. The van der Waals surface area contributed by atoms with Crippen molar-refractivity contribution in [3.8, 4) is 5.75 Å². The van der Waals surface area contributed by atoms with Gasteiger partial charge in [0.1, 0.15) is 5.75 Å². The molecule has 0 aliphatic heterocycles. The van der Waals surface area contributed by atoms with E-state index in [2.05, 4.69) is 15.5 Å². The fourth-order valence-electron chi connectivity index (χ4n) is 1.64. The maximum Gasteiger partial charge on any atom is 0.244 e. The average Bonchev–Trinajstić information content (AvgIpc) is 2.48. The SMILES string of the molecule is COc1cccc(CC(=O)NN=Cc2cccnc2)c1. The largest absolute Gasteiger partial charge is 0.497 e. The number of benzene rings is 1. The summed E-state index contributed by atoms with van der Waals surface area (Å²) in [6, 6.07) is 11.0. The molecule has 1 heterocycles. The molecule has 1 N–H and O–H groups in total. The van der Waals surface area contributed by atoms with Crippen LogP contribution in [0.15, 0.2) is 53.9 Å². The summed E-state index contributed by atoms with van der Waals surface area (Å²) in [6.07, 6.45) is 5.15. The lowest BCUT2D eigenvalue weighted by Gasteiger charge is -2.03. The summed E-state index contributed by atoms with van der Waals surface area (Å²) >= 11 is 0. The third-order valence-electron chi connectivity index (χ3n) is 2.59. The van der Waals surface area contributed by atoms with E-state index in [4.69, 9.17) is 4.74 Å². The molecule has 0 atom stereocenters. The number of hydrazone groups is 1. The van der Waals surface area contributed by atoms with E-state index in [1.54, 1.807) is 31.8 Å². The van der Waals surface area contributed by atoms with Crippen LogP contribution in [0.2, 0.25) is 0 Å². The van der Waals surface area contributed by atoms with Crippen molar-refractivity contribution in [1.82, 2.24) is 10.4 Å². The predicted molar refractivity (Wildman–Crippen MR) is 76.7 cm³/mol. The lowest BCUT2D eigenvalue weighted by Crippen LogP contribution is -2.19. The van der Waals surface area contributed by atoms with Crippen LogP contribution in [-0.4, -0.2) is 24.2 Å². The predicted octanol–water partition coefficient (Wildman–Crippen LogP) is 1.78. The standard InChI is InChI=1S/C15H15N3O2/c1-20-14-6-2-4-12(8-14)9-15(19)18-17-11-13-5-3-7-16-10-13/h2-8,10-11H,9H2,1H3,(H,18,19). The first-order valence-corrected chi connectivity index (χ1v) is 6.13. The molecule has 0 saturated carbocycles. The number of nitrogens with zero attached hydrogens (tertiary/aromatic N) is 2. The van der Waals surface area contributed by atoms with Crippen LogP contribution in [0.25, 0.3) is 0 Å². The second kappa shape index (κ2) is 7.04. The van der Waals surface area contributed by atoms with Crippen LogP contribution in [0.3, 0.4) is 0 Å². The first kappa shape index (κ1) is 13.7. The summed E-state index contributed by atoms with van der Waals surface area (Å²) in [4.78, 5) is 15.7. The van der Waals surface area contributed by atoms with Gasteiger partial charge in [-0.2, -0.15) is 5.10 Å². The molecule has 102 valence electrons. The Hall–Kier alpha value is -2.69. The lowest BCUT2D eigenvalue weighted by molar-refractivity contribution is -0.120. The average molecular weight is 269 g/mol. The van der Waals surface area contributed by atoms with Crippen molar-refractivity contribution in [3.63, 3.8) is 0 Å². The van der Waals surface area contributed by atoms with Gasteiger partial charge in [0.15, 0.2) is 0 Å². The molecule has 1 aromatic heterocycles. The van der Waals surface area contributed by atoms with Gasteiger partial charge in [-0.15, -0.1) is 0 Å². The maximum absolute atomic E-state index is 11.7. The van der Waals surface area contributed by atoms with Gasteiger partial charge in [-0.3, -0.25) is 9.78 Å². The van der Waals surface area contributed by atoms with Gasteiger partial charge in [-0.25, -0.2) is 5.43 Å². The first-order chi connectivity index (χ1) is 9.78. The molecule has 5 heteroatoms. The molecule has 0 fully saturated rings. The van der Waals surface area contributed by atoms with E-state index in [9.17, 15) is 4.79 Å². The lowest BCUT2D eigenvalue weighted by atomic mass is 10.1. The summed E-state index contributed by atoms with van der Waals surface area (Å²) in [7, 11) is 1.59. The fraction of sp³-hybridized carbons (Fsp3) is 0.133. The van der Waals surface area contributed by atoms with Gasteiger partial charge in [-0.05, 0) is 23.8 Å². The molecule has 0 radical (unpaired) electrons. The van der Waals surface area contributed by atoms with E-state index < -0.39 is 0 Å². The smallest absolute Gasteiger partial charge is 0.244 e. The monoisotopic (exact) mass is 269 g/mol. The quantitative estimate of drug-likeness (QED) is 0.664. The Morgan fingerprint density at radius 1 is 1.40 bits per heavy atom. The number of nitrogens with one attached hydrogen (secondary N) is 1. The molecular weight excluding hydrogens is 254 g/mol.